The van der Waals surface area contributed by atoms with Crippen LogP contribution in [0.1, 0.15) is 20.8 Å². The molecule has 1 fully saturated rings. The Hall–Kier alpha value is -0.0800. The summed E-state index contributed by atoms with van der Waals surface area (Å²) in [6, 6.07) is 0. The maximum Gasteiger partial charge on any atom is 0.110 e. The Kier molecular flexibility index (Phi) is 1.78. The molecule has 2 nitrogen and oxygen atoms in total. The summed E-state index contributed by atoms with van der Waals surface area (Å²) in [7, 11) is 0. The molecule has 0 saturated carbocycles. The smallest absolute Gasteiger partial charge is 0.110 e. The Labute approximate surface area is 55.8 Å². The Morgan fingerprint density at radius 3 is 1.89 bits per heavy atom. The predicted octanol–water partition coefficient (Wildman–Crippen LogP) is 0.791. The Bertz CT molecular complexity index is 87.1. The van der Waals surface area contributed by atoms with Crippen molar-refractivity contribution in [3.63, 3.8) is 0 Å². The Morgan fingerprint density at radius 2 is 1.78 bits per heavy atom. The fourth-order valence-corrected chi connectivity index (χ4v) is 1.06. The van der Waals surface area contributed by atoms with Crippen molar-refractivity contribution in [1.82, 2.24) is 0 Å². The molecule has 1 aliphatic heterocycles. The zero-order valence-corrected chi connectivity index (χ0v) is 6.16. The number of hydrogen-bond acceptors (Lipinski definition) is 2. The average Bonchev–Trinajstić information content (AvgIpc) is 2.39. The molecule has 0 aromatic rings. The van der Waals surface area contributed by atoms with E-state index in [2.05, 4.69) is 13.8 Å². The maximum absolute atomic E-state index is 8.99. The van der Waals surface area contributed by atoms with E-state index in [1.165, 1.54) is 0 Å². The highest BCUT2D eigenvalue weighted by atomic mass is 16.6. The van der Waals surface area contributed by atoms with Gasteiger partial charge in [-0.25, -0.2) is 0 Å². The van der Waals surface area contributed by atoms with Crippen LogP contribution in [0.2, 0.25) is 0 Å². The number of ether oxygens (including phenoxy) is 1. The van der Waals surface area contributed by atoms with E-state index in [0.29, 0.717) is 12.0 Å². The lowest BCUT2D eigenvalue weighted by atomic mass is 10.1. The van der Waals surface area contributed by atoms with Crippen LogP contribution in [0.15, 0.2) is 0 Å². The zero-order chi connectivity index (χ0) is 7.02. The molecule has 0 spiro atoms. The van der Waals surface area contributed by atoms with Crippen LogP contribution in [0.4, 0.5) is 0 Å². The standard InChI is InChI=1S/C7H14O2/c1-4(2)6-7(9-6)5(3)8/h4-8H,1-3H3/t5-,6+,7+/m0/s1. The van der Waals surface area contributed by atoms with Crippen molar-refractivity contribution < 1.29 is 9.84 Å². The van der Waals surface area contributed by atoms with Gasteiger partial charge in [0.25, 0.3) is 0 Å². The number of epoxide rings is 1. The molecule has 0 amide bonds. The van der Waals surface area contributed by atoms with Gasteiger partial charge < -0.3 is 9.84 Å². The highest BCUT2D eigenvalue weighted by Crippen LogP contribution is 2.31. The van der Waals surface area contributed by atoms with Gasteiger partial charge in [0.15, 0.2) is 0 Å². The average molecular weight is 130 g/mol. The molecule has 0 unspecified atom stereocenters. The van der Waals surface area contributed by atoms with Crippen molar-refractivity contribution in [1.29, 1.82) is 0 Å². The first-order valence-electron chi connectivity index (χ1n) is 3.46. The SMILES string of the molecule is CC(C)[C@H]1O[C@@H]1[C@H](C)O. The van der Waals surface area contributed by atoms with Gasteiger partial charge in [0.1, 0.15) is 6.10 Å². The van der Waals surface area contributed by atoms with Crippen molar-refractivity contribution in [3.8, 4) is 0 Å². The van der Waals surface area contributed by atoms with Gasteiger partial charge in [-0.2, -0.15) is 0 Å². The molecule has 9 heavy (non-hydrogen) atoms. The van der Waals surface area contributed by atoms with Crippen LogP contribution in [0.5, 0.6) is 0 Å². The van der Waals surface area contributed by atoms with Crippen molar-refractivity contribution in [3.05, 3.63) is 0 Å². The summed E-state index contributed by atoms with van der Waals surface area (Å²) < 4.78 is 5.19. The van der Waals surface area contributed by atoms with Gasteiger partial charge in [0, 0.05) is 0 Å². The molecule has 1 N–H and O–H groups in total. The number of aliphatic hydroxyl groups excluding tert-OH is 1. The van der Waals surface area contributed by atoms with Crippen LogP contribution in [0.3, 0.4) is 0 Å². The first-order chi connectivity index (χ1) is 4.13. The van der Waals surface area contributed by atoms with Crippen molar-refractivity contribution >= 4 is 0 Å². The Morgan fingerprint density at radius 1 is 1.22 bits per heavy atom. The maximum atomic E-state index is 8.99. The highest BCUT2D eigenvalue weighted by molar-refractivity contribution is 4.90. The molecule has 0 radical (unpaired) electrons. The van der Waals surface area contributed by atoms with E-state index in [9.17, 15) is 0 Å². The van der Waals surface area contributed by atoms with Crippen LogP contribution in [0, 0.1) is 5.92 Å². The minimum Gasteiger partial charge on any atom is -0.391 e. The van der Waals surface area contributed by atoms with Crippen molar-refractivity contribution in [2.24, 2.45) is 5.92 Å². The topological polar surface area (TPSA) is 32.8 Å². The van der Waals surface area contributed by atoms with Crippen LogP contribution < -0.4 is 0 Å². The van der Waals surface area contributed by atoms with Gasteiger partial charge in [-0.15, -0.1) is 0 Å². The summed E-state index contributed by atoms with van der Waals surface area (Å²) in [5, 5.41) is 8.99. The van der Waals surface area contributed by atoms with Gasteiger partial charge in [0.05, 0.1) is 12.2 Å². The lowest BCUT2D eigenvalue weighted by molar-refractivity contribution is 0.152. The van der Waals surface area contributed by atoms with Gasteiger partial charge in [-0.05, 0) is 12.8 Å². The molecule has 0 aromatic heterocycles. The van der Waals surface area contributed by atoms with E-state index in [-0.39, 0.29) is 12.2 Å². The molecule has 1 rings (SSSR count). The second-order valence-electron chi connectivity index (χ2n) is 3.05. The van der Waals surface area contributed by atoms with Crippen molar-refractivity contribution in [2.75, 3.05) is 0 Å². The number of rotatable bonds is 2. The van der Waals surface area contributed by atoms with E-state index < -0.39 is 0 Å². The largest absolute Gasteiger partial charge is 0.391 e. The second-order valence-corrected chi connectivity index (χ2v) is 3.05. The van der Waals surface area contributed by atoms with E-state index in [4.69, 9.17) is 9.84 Å². The van der Waals surface area contributed by atoms with Gasteiger partial charge in [-0.1, -0.05) is 13.8 Å². The van der Waals surface area contributed by atoms with E-state index >= 15 is 0 Å². The molecule has 0 aliphatic carbocycles. The van der Waals surface area contributed by atoms with Crippen LogP contribution in [0.25, 0.3) is 0 Å². The molecule has 1 heterocycles. The normalized spacial score (nSPS) is 37.0. The lowest BCUT2D eigenvalue weighted by Crippen LogP contribution is -2.14. The third-order valence-corrected chi connectivity index (χ3v) is 1.69. The number of aliphatic hydroxyl groups is 1. The Balaban J connectivity index is 2.24. The van der Waals surface area contributed by atoms with E-state index in [1.54, 1.807) is 6.92 Å². The minimum absolute atomic E-state index is 0.116. The molecule has 2 heteroatoms. The summed E-state index contributed by atoms with van der Waals surface area (Å²) in [5.74, 6) is 0.546. The molecule has 3 atom stereocenters. The van der Waals surface area contributed by atoms with Gasteiger partial charge >= 0.3 is 0 Å². The fourth-order valence-electron chi connectivity index (χ4n) is 1.06. The van der Waals surface area contributed by atoms with Crippen LogP contribution in [-0.2, 0) is 4.74 Å². The van der Waals surface area contributed by atoms with Gasteiger partial charge in [0.2, 0.25) is 0 Å². The minimum atomic E-state index is -0.294. The molecule has 0 aromatic carbocycles. The second kappa shape index (κ2) is 2.27. The molecular weight excluding hydrogens is 116 g/mol. The van der Waals surface area contributed by atoms with E-state index in [1.807, 2.05) is 0 Å². The summed E-state index contributed by atoms with van der Waals surface area (Å²) in [5.41, 5.74) is 0. The summed E-state index contributed by atoms with van der Waals surface area (Å²) in [6.07, 6.45) is 0.132. The van der Waals surface area contributed by atoms with Crippen molar-refractivity contribution in [2.45, 2.75) is 39.1 Å². The monoisotopic (exact) mass is 130 g/mol. The molecular formula is C7H14O2. The number of hydrogen-bond donors (Lipinski definition) is 1. The molecule has 54 valence electrons. The first kappa shape index (κ1) is 7.03. The van der Waals surface area contributed by atoms with Gasteiger partial charge in [-0.3, -0.25) is 0 Å². The zero-order valence-electron chi connectivity index (χ0n) is 6.16. The summed E-state index contributed by atoms with van der Waals surface area (Å²) in [4.78, 5) is 0. The summed E-state index contributed by atoms with van der Waals surface area (Å²) in [6.45, 7) is 5.98. The summed E-state index contributed by atoms with van der Waals surface area (Å²) >= 11 is 0. The highest BCUT2D eigenvalue weighted by Gasteiger charge is 2.44. The third kappa shape index (κ3) is 1.43. The third-order valence-electron chi connectivity index (χ3n) is 1.69. The first-order valence-corrected chi connectivity index (χ1v) is 3.46. The predicted molar refractivity (Wildman–Crippen MR) is 35.2 cm³/mol. The lowest BCUT2D eigenvalue weighted by Gasteiger charge is -1.98. The van der Waals surface area contributed by atoms with Crippen LogP contribution in [-0.4, -0.2) is 23.4 Å². The molecule has 1 saturated heterocycles. The quantitative estimate of drug-likeness (QED) is 0.560. The van der Waals surface area contributed by atoms with E-state index in [0.717, 1.165) is 0 Å². The van der Waals surface area contributed by atoms with Crippen LogP contribution >= 0.6 is 0 Å². The fraction of sp³-hybridized carbons (Fsp3) is 1.00. The molecule has 0 bridgehead atoms. The molecule has 1 aliphatic rings.